The normalized spacial score (nSPS) is 11.6. The summed E-state index contributed by atoms with van der Waals surface area (Å²) in [7, 11) is 0. The van der Waals surface area contributed by atoms with Crippen LogP contribution in [0.4, 0.5) is 11.4 Å². The molecule has 0 radical (unpaired) electrons. The molecule has 2 aromatic rings. The summed E-state index contributed by atoms with van der Waals surface area (Å²) in [6.45, 7) is 1.52. The molecular weight excluding hydrogens is 400 g/mol. The Hall–Kier alpha value is -3.01. The molecule has 0 aromatic heterocycles. The smallest absolute Gasteiger partial charge is 0.321 e. The second kappa shape index (κ2) is 11.1. The molecule has 0 unspecified atom stereocenters. The molecule has 1 amide bonds. The fourth-order valence-corrected chi connectivity index (χ4v) is 2.72. The largest absolute Gasteiger partial charge is 0.480 e. The summed E-state index contributed by atoms with van der Waals surface area (Å²) in [5.41, 5.74) is 0.931. The molecule has 1 atom stereocenters. The van der Waals surface area contributed by atoms with Crippen LogP contribution in [-0.4, -0.2) is 41.0 Å². The highest BCUT2D eigenvalue weighted by atomic mass is 35.5. The lowest BCUT2D eigenvalue weighted by molar-refractivity contribution is -0.384. The summed E-state index contributed by atoms with van der Waals surface area (Å²) in [5, 5.41) is 28.6. The molecule has 0 saturated carbocycles. The number of amides is 1. The van der Waals surface area contributed by atoms with E-state index in [9.17, 15) is 24.8 Å². The van der Waals surface area contributed by atoms with Gasteiger partial charge in [0.1, 0.15) is 11.1 Å². The van der Waals surface area contributed by atoms with Gasteiger partial charge in [-0.3, -0.25) is 19.7 Å². The number of anilines is 1. The van der Waals surface area contributed by atoms with E-state index in [-0.39, 0.29) is 22.8 Å². The minimum Gasteiger partial charge on any atom is -0.480 e. The van der Waals surface area contributed by atoms with Gasteiger partial charge in [0.25, 0.3) is 5.69 Å². The van der Waals surface area contributed by atoms with Crippen LogP contribution >= 0.6 is 11.6 Å². The molecule has 0 bridgehead atoms. The third-order valence-corrected chi connectivity index (χ3v) is 4.30. The van der Waals surface area contributed by atoms with Crippen molar-refractivity contribution < 1.29 is 19.6 Å². The number of hydrogen-bond donors (Lipinski definition) is 4. The zero-order valence-electron chi connectivity index (χ0n) is 15.4. The summed E-state index contributed by atoms with van der Waals surface area (Å²) in [6, 6.07) is 12.5. The van der Waals surface area contributed by atoms with Gasteiger partial charge in [0.15, 0.2) is 0 Å². The molecule has 0 saturated heterocycles. The Morgan fingerprint density at radius 3 is 2.52 bits per heavy atom. The van der Waals surface area contributed by atoms with Crippen LogP contribution in [-0.2, 0) is 16.1 Å². The molecule has 10 heteroatoms. The summed E-state index contributed by atoms with van der Waals surface area (Å²) in [5.74, 6) is -1.75. The van der Waals surface area contributed by atoms with E-state index >= 15 is 0 Å². The Balaban J connectivity index is 1.80. The zero-order chi connectivity index (χ0) is 21.2. The highest BCUT2D eigenvalue weighted by Crippen LogP contribution is 2.27. The molecule has 154 valence electrons. The van der Waals surface area contributed by atoms with Gasteiger partial charge in [-0.2, -0.15) is 0 Å². The molecule has 0 heterocycles. The number of hydrogen-bond acceptors (Lipinski definition) is 6. The predicted molar refractivity (Wildman–Crippen MR) is 109 cm³/mol. The van der Waals surface area contributed by atoms with E-state index < -0.39 is 22.8 Å². The van der Waals surface area contributed by atoms with Crippen molar-refractivity contribution in [2.75, 3.05) is 18.4 Å². The quantitative estimate of drug-likeness (QED) is 0.249. The van der Waals surface area contributed by atoms with E-state index in [0.717, 1.165) is 11.6 Å². The van der Waals surface area contributed by atoms with Crippen molar-refractivity contribution in [2.45, 2.75) is 19.0 Å². The first-order valence-corrected chi connectivity index (χ1v) is 9.19. The van der Waals surface area contributed by atoms with E-state index in [1.54, 1.807) is 0 Å². The molecule has 0 aliphatic carbocycles. The van der Waals surface area contributed by atoms with Gasteiger partial charge < -0.3 is 21.1 Å². The minimum absolute atomic E-state index is 0.0546. The molecule has 29 heavy (non-hydrogen) atoms. The van der Waals surface area contributed by atoms with Gasteiger partial charge >= 0.3 is 5.97 Å². The molecule has 0 spiro atoms. The first kappa shape index (κ1) is 22.3. The van der Waals surface area contributed by atoms with Crippen LogP contribution in [0.2, 0.25) is 5.02 Å². The highest BCUT2D eigenvalue weighted by Gasteiger charge is 2.21. The number of rotatable bonds is 11. The monoisotopic (exact) mass is 420 g/mol. The summed E-state index contributed by atoms with van der Waals surface area (Å²) < 4.78 is 0. The van der Waals surface area contributed by atoms with Crippen molar-refractivity contribution in [1.82, 2.24) is 10.6 Å². The number of nitro benzene ring substituents is 1. The van der Waals surface area contributed by atoms with Gasteiger partial charge in [-0.05, 0) is 17.7 Å². The first-order chi connectivity index (χ1) is 13.9. The van der Waals surface area contributed by atoms with Gasteiger partial charge in [0, 0.05) is 31.4 Å². The average Bonchev–Trinajstić information content (AvgIpc) is 2.68. The Morgan fingerprint density at radius 1 is 1.14 bits per heavy atom. The number of benzene rings is 2. The van der Waals surface area contributed by atoms with Crippen molar-refractivity contribution >= 4 is 34.9 Å². The van der Waals surface area contributed by atoms with E-state index in [4.69, 9.17) is 11.6 Å². The zero-order valence-corrected chi connectivity index (χ0v) is 16.2. The maximum absolute atomic E-state index is 12.1. The SMILES string of the molecule is O=C(C[C@H](NCCNCc1ccccc1)C(=O)O)Nc1ccc(Cl)c([N+](=O)[O-])c1. The number of nitrogens with zero attached hydrogens (tertiary/aromatic N) is 1. The molecule has 0 aliphatic heterocycles. The highest BCUT2D eigenvalue weighted by molar-refractivity contribution is 6.32. The Kier molecular flexibility index (Phi) is 8.53. The predicted octanol–water partition coefficient (Wildman–Crippen LogP) is 2.41. The second-order valence-electron chi connectivity index (χ2n) is 6.18. The maximum Gasteiger partial charge on any atom is 0.321 e. The van der Waals surface area contributed by atoms with E-state index in [0.29, 0.717) is 19.6 Å². The Labute approximate surface area is 172 Å². The number of carbonyl (C=O) groups is 2. The molecule has 2 rings (SSSR count). The third-order valence-electron chi connectivity index (χ3n) is 3.98. The molecule has 2 aromatic carbocycles. The van der Waals surface area contributed by atoms with Crippen molar-refractivity contribution in [3.05, 3.63) is 69.2 Å². The minimum atomic E-state index is -1.16. The van der Waals surface area contributed by atoms with Crippen LogP contribution in [0.5, 0.6) is 0 Å². The van der Waals surface area contributed by atoms with E-state index in [1.807, 2.05) is 30.3 Å². The third kappa shape index (κ3) is 7.49. The van der Waals surface area contributed by atoms with Crippen LogP contribution in [0.3, 0.4) is 0 Å². The van der Waals surface area contributed by atoms with Crippen LogP contribution in [0.1, 0.15) is 12.0 Å². The van der Waals surface area contributed by atoms with Crippen molar-refractivity contribution in [3.8, 4) is 0 Å². The molecule has 4 N–H and O–H groups in total. The lowest BCUT2D eigenvalue weighted by atomic mass is 10.2. The van der Waals surface area contributed by atoms with Gasteiger partial charge in [-0.1, -0.05) is 41.9 Å². The first-order valence-electron chi connectivity index (χ1n) is 8.81. The van der Waals surface area contributed by atoms with Crippen LogP contribution in [0.25, 0.3) is 0 Å². The van der Waals surface area contributed by atoms with Gasteiger partial charge in [-0.15, -0.1) is 0 Å². The number of nitro groups is 1. The van der Waals surface area contributed by atoms with Crippen molar-refractivity contribution in [2.24, 2.45) is 0 Å². The summed E-state index contributed by atoms with van der Waals surface area (Å²) in [4.78, 5) is 33.8. The van der Waals surface area contributed by atoms with E-state index in [2.05, 4.69) is 16.0 Å². The van der Waals surface area contributed by atoms with Crippen LogP contribution in [0, 0.1) is 10.1 Å². The average molecular weight is 421 g/mol. The maximum atomic E-state index is 12.1. The number of halogens is 1. The molecular formula is C19H21ClN4O5. The number of carboxylic acid groups (broad SMARTS) is 1. The molecule has 0 aliphatic rings. The summed E-state index contributed by atoms with van der Waals surface area (Å²) >= 11 is 5.73. The second-order valence-corrected chi connectivity index (χ2v) is 6.59. The Morgan fingerprint density at radius 2 is 1.86 bits per heavy atom. The lowest BCUT2D eigenvalue weighted by Crippen LogP contribution is -2.42. The van der Waals surface area contributed by atoms with Crippen LogP contribution < -0.4 is 16.0 Å². The lowest BCUT2D eigenvalue weighted by Gasteiger charge is -2.15. The van der Waals surface area contributed by atoms with Crippen molar-refractivity contribution in [3.63, 3.8) is 0 Å². The van der Waals surface area contributed by atoms with E-state index in [1.165, 1.54) is 12.1 Å². The number of aliphatic carboxylic acids is 1. The number of carboxylic acids is 1. The number of nitrogens with one attached hydrogen (secondary N) is 3. The molecule has 0 fully saturated rings. The Bertz CT molecular complexity index is 863. The van der Waals surface area contributed by atoms with Crippen molar-refractivity contribution in [1.29, 1.82) is 0 Å². The molecule has 9 nitrogen and oxygen atoms in total. The fourth-order valence-electron chi connectivity index (χ4n) is 2.54. The standard InChI is InChI=1S/C19H21ClN4O5/c20-15-7-6-14(10-17(15)24(28)29)23-18(25)11-16(19(26)27)22-9-8-21-12-13-4-2-1-3-5-13/h1-7,10,16,21-22H,8-9,11-12H2,(H,23,25)(H,26,27)/t16-/m0/s1. The fraction of sp³-hybridized carbons (Fsp3) is 0.263. The van der Waals surface area contributed by atoms with Gasteiger partial charge in [-0.25, -0.2) is 0 Å². The van der Waals surface area contributed by atoms with Gasteiger partial charge in [0.2, 0.25) is 5.91 Å². The topological polar surface area (TPSA) is 134 Å². The van der Waals surface area contributed by atoms with Gasteiger partial charge in [0.05, 0.1) is 11.3 Å². The summed E-state index contributed by atoms with van der Waals surface area (Å²) in [6.07, 6.45) is -0.329. The number of carbonyl (C=O) groups excluding carboxylic acids is 1. The van der Waals surface area contributed by atoms with Crippen LogP contribution in [0.15, 0.2) is 48.5 Å².